The number of benzene rings is 1. The average Bonchev–Trinajstić information content (AvgIpc) is 2.86. The van der Waals surface area contributed by atoms with Crippen molar-refractivity contribution in [3.05, 3.63) is 87.7 Å². The Morgan fingerprint density at radius 1 is 1.25 bits per heavy atom. The Balaban J connectivity index is 2.43. The lowest BCUT2D eigenvalue weighted by Gasteiger charge is -2.10. The van der Waals surface area contributed by atoms with Crippen molar-refractivity contribution in [3.63, 3.8) is 0 Å². The molecule has 1 aliphatic carbocycles. The molecule has 1 aliphatic rings. The molecule has 2 rings (SSSR count). The second-order valence-electron chi connectivity index (χ2n) is 6.54. The van der Waals surface area contributed by atoms with E-state index in [-0.39, 0.29) is 11.3 Å². The molecule has 0 saturated carbocycles. The van der Waals surface area contributed by atoms with Crippen molar-refractivity contribution in [2.45, 2.75) is 33.2 Å². The first-order valence-electron chi connectivity index (χ1n) is 8.99. The zero-order chi connectivity index (χ0) is 20.7. The number of nitriles is 1. The zero-order valence-corrected chi connectivity index (χ0v) is 16.1. The lowest BCUT2D eigenvalue weighted by molar-refractivity contribution is -0.132. The average molecular weight is 376 g/mol. The smallest absolute Gasteiger partial charge is 0.339 e. The maximum Gasteiger partial charge on any atom is 0.339 e. The van der Waals surface area contributed by atoms with Gasteiger partial charge in [0.15, 0.2) is 0 Å². The van der Waals surface area contributed by atoms with E-state index >= 15 is 0 Å². The van der Waals surface area contributed by atoms with E-state index in [2.05, 4.69) is 6.07 Å². The summed E-state index contributed by atoms with van der Waals surface area (Å²) >= 11 is 0. The topological polar surface area (TPSA) is 107 Å². The number of rotatable bonds is 6. The number of aliphatic hydroxyl groups is 1. The summed E-state index contributed by atoms with van der Waals surface area (Å²) in [6, 6.07) is 10.2. The SMILES string of the molecule is C/C=C(O)\C(=C/CC1=CC(C)=C(c2ccc(CN)cc2)CC(C#N)=C1)C(=O)O. The van der Waals surface area contributed by atoms with Crippen molar-refractivity contribution in [1.29, 1.82) is 5.26 Å². The van der Waals surface area contributed by atoms with Crippen LogP contribution in [0.1, 0.15) is 37.8 Å². The first kappa shape index (κ1) is 20.9. The number of hydrogen-bond donors (Lipinski definition) is 3. The van der Waals surface area contributed by atoms with E-state index in [0.717, 1.165) is 27.8 Å². The van der Waals surface area contributed by atoms with E-state index in [0.29, 0.717) is 25.0 Å². The number of carboxylic acids is 1. The van der Waals surface area contributed by atoms with E-state index in [1.165, 1.54) is 12.2 Å². The van der Waals surface area contributed by atoms with Crippen LogP contribution in [-0.2, 0) is 11.3 Å². The summed E-state index contributed by atoms with van der Waals surface area (Å²) in [5.74, 6) is -1.47. The molecule has 0 spiro atoms. The molecular weight excluding hydrogens is 352 g/mol. The minimum Gasteiger partial charge on any atom is -0.507 e. The molecule has 0 fully saturated rings. The molecule has 0 aromatic heterocycles. The zero-order valence-electron chi connectivity index (χ0n) is 16.1. The minimum atomic E-state index is -1.19. The molecule has 5 nitrogen and oxygen atoms in total. The second kappa shape index (κ2) is 9.54. The second-order valence-corrected chi connectivity index (χ2v) is 6.54. The Bertz CT molecular complexity index is 953. The summed E-state index contributed by atoms with van der Waals surface area (Å²) < 4.78 is 0. The van der Waals surface area contributed by atoms with Crippen LogP contribution in [0, 0.1) is 11.3 Å². The van der Waals surface area contributed by atoms with Gasteiger partial charge < -0.3 is 15.9 Å². The van der Waals surface area contributed by atoms with Gasteiger partial charge in [-0.15, -0.1) is 0 Å². The number of carbonyl (C=O) groups is 1. The Morgan fingerprint density at radius 3 is 2.46 bits per heavy atom. The number of nitrogens with two attached hydrogens (primary N) is 1. The number of carboxylic acid groups (broad SMARTS) is 1. The molecule has 0 radical (unpaired) electrons. The summed E-state index contributed by atoms with van der Waals surface area (Å²) in [6.07, 6.45) is 7.34. The molecule has 144 valence electrons. The van der Waals surface area contributed by atoms with Crippen LogP contribution in [0.25, 0.3) is 5.57 Å². The van der Waals surface area contributed by atoms with Gasteiger partial charge in [-0.3, -0.25) is 0 Å². The molecule has 28 heavy (non-hydrogen) atoms. The third kappa shape index (κ3) is 5.09. The van der Waals surface area contributed by atoms with Crippen LogP contribution in [0.5, 0.6) is 0 Å². The van der Waals surface area contributed by atoms with Gasteiger partial charge in [0.1, 0.15) is 5.76 Å². The largest absolute Gasteiger partial charge is 0.507 e. The summed E-state index contributed by atoms with van der Waals surface area (Å²) in [7, 11) is 0. The van der Waals surface area contributed by atoms with E-state index in [1.54, 1.807) is 13.0 Å². The number of allylic oxidation sites excluding steroid dienone is 8. The van der Waals surface area contributed by atoms with Crippen molar-refractivity contribution in [2.75, 3.05) is 0 Å². The fourth-order valence-corrected chi connectivity index (χ4v) is 3.05. The first-order valence-corrected chi connectivity index (χ1v) is 8.99. The van der Waals surface area contributed by atoms with Gasteiger partial charge >= 0.3 is 5.97 Å². The van der Waals surface area contributed by atoms with Crippen molar-refractivity contribution in [3.8, 4) is 6.07 Å². The Labute approximate surface area is 165 Å². The molecular formula is C23H24N2O3. The number of nitrogens with zero attached hydrogens (tertiary/aromatic N) is 1. The summed E-state index contributed by atoms with van der Waals surface area (Å²) in [6.45, 7) is 4.02. The molecule has 4 N–H and O–H groups in total. The summed E-state index contributed by atoms with van der Waals surface area (Å²) in [4.78, 5) is 11.3. The fraction of sp³-hybridized carbons (Fsp3) is 0.217. The van der Waals surface area contributed by atoms with E-state index in [9.17, 15) is 20.3 Å². The first-order chi connectivity index (χ1) is 13.4. The van der Waals surface area contributed by atoms with Gasteiger partial charge in [0, 0.05) is 18.5 Å². The minimum absolute atomic E-state index is 0.154. The Hall–Kier alpha value is -3.36. The maximum absolute atomic E-state index is 11.3. The molecule has 1 aromatic carbocycles. The highest BCUT2D eigenvalue weighted by atomic mass is 16.4. The van der Waals surface area contributed by atoms with Crippen molar-refractivity contribution >= 4 is 11.5 Å². The lowest BCUT2D eigenvalue weighted by atomic mass is 9.95. The highest BCUT2D eigenvalue weighted by Crippen LogP contribution is 2.31. The quantitative estimate of drug-likeness (QED) is 0.383. The molecule has 1 aromatic rings. The maximum atomic E-state index is 11.3. The highest BCUT2D eigenvalue weighted by Gasteiger charge is 2.15. The van der Waals surface area contributed by atoms with Crippen LogP contribution < -0.4 is 5.73 Å². The third-order valence-electron chi connectivity index (χ3n) is 4.61. The van der Waals surface area contributed by atoms with E-state index in [4.69, 9.17) is 5.73 Å². The Morgan fingerprint density at radius 2 is 1.93 bits per heavy atom. The molecule has 0 bridgehead atoms. The van der Waals surface area contributed by atoms with Crippen LogP contribution in [0.4, 0.5) is 0 Å². The highest BCUT2D eigenvalue weighted by molar-refractivity contribution is 5.91. The van der Waals surface area contributed by atoms with E-state index in [1.807, 2.05) is 37.3 Å². The normalized spacial score (nSPS) is 15.5. The summed E-state index contributed by atoms with van der Waals surface area (Å²) in [5, 5.41) is 28.5. The standard InChI is InChI=1S/C23H24N2O3/c1-3-22(26)20(23(27)28)9-6-17-10-15(2)21(12-18(11-17)14-25)19-7-4-16(13-24)5-8-19/h3-5,7-11,26H,6,12-13,24H2,1-2H3,(H,27,28)/b20-9+,22-3+. The van der Waals surface area contributed by atoms with E-state index < -0.39 is 5.97 Å². The molecule has 5 heteroatoms. The molecule has 0 saturated heterocycles. The van der Waals surface area contributed by atoms with Gasteiger partial charge in [-0.05, 0) is 60.3 Å². The Kier molecular flexibility index (Phi) is 7.14. The van der Waals surface area contributed by atoms with Crippen LogP contribution in [0.15, 0.2) is 76.6 Å². The van der Waals surface area contributed by atoms with Gasteiger partial charge in [-0.2, -0.15) is 5.26 Å². The van der Waals surface area contributed by atoms with Gasteiger partial charge in [0.2, 0.25) is 0 Å². The van der Waals surface area contributed by atoms with Crippen LogP contribution in [-0.4, -0.2) is 16.2 Å². The fourth-order valence-electron chi connectivity index (χ4n) is 3.05. The predicted octanol–water partition coefficient (Wildman–Crippen LogP) is 4.56. The van der Waals surface area contributed by atoms with Gasteiger partial charge in [-0.1, -0.05) is 36.4 Å². The number of aliphatic carboxylic acids is 1. The summed E-state index contributed by atoms with van der Waals surface area (Å²) in [5.41, 5.74) is 11.0. The third-order valence-corrected chi connectivity index (χ3v) is 4.61. The number of hydrogen-bond acceptors (Lipinski definition) is 4. The van der Waals surface area contributed by atoms with Crippen LogP contribution in [0.3, 0.4) is 0 Å². The molecule has 0 heterocycles. The molecule has 0 amide bonds. The van der Waals surface area contributed by atoms with Crippen molar-refractivity contribution < 1.29 is 15.0 Å². The van der Waals surface area contributed by atoms with Crippen LogP contribution >= 0.6 is 0 Å². The van der Waals surface area contributed by atoms with Gasteiger partial charge in [-0.25, -0.2) is 4.79 Å². The van der Waals surface area contributed by atoms with Crippen LogP contribution in [0.2, 0.25) is 0 Å². The lowest BCUT2D eigenvalue weighted by Crippen LogP contribution is -2.03. The van der Waals surface area contributed by atoms with Gasteiger partial charge in [0.05, 0.1) is 11.6 Å². The van der Waals surface area contributed by atoms with Gasteiger partial charge in [0.25, 0.3) is 0 Å². The number of aliphatic hydroxyl groups excluding tert-OH is 1. The molecule has 0 unspecified atom stereocenters. The van der Waals surface area contributed by atoms with Crippen molar-refractivity contribution in [1.82, 2.24) is 0 Å². The molecule has 0 aliphatic heterocycles. The predicted molar refractivity (Wildman–Crippen MR) is 110 cm³/mol. The van der Waals surface area contributed by atoms with Crippen molar-refractivity contribution in [2.24, 2.45) is 5.73 Å². The molecule has 0 atom stereocenters. The monoisotopic (exact) mass is 376 g/mol.